The molecule has 0 aliphatic rings. The summed E-state index contributed by atoms with van der Waals surface area (Å²) >= 11 is 0. The standard InChI is InChI=1S/C22H16N4O6/c27-21-19-3-1-2-4-20(19)23(13-15-5-9-17(10-6-15)25(29)30)22(28)24(21)14-16-7-11-18(12-8-16)26(31)32/h1-12H,13-14H2. The van der Waals surface area contributed by atoms with Crippen LogP contribution in [0.25, 0.3) is 10.9 Å². The molecule has 32 heavy (non-hydrogen) atoms. The maximum absolute atomic E-state index is 13.3. The van der Waals surface area contributed by atoms with Gasteiger partial charge in [-0.2, -0.15) is 0 Å². The first-order valence-electron chi connectivity index (χ1n) is 9.54. The Bertz CT molecular complexity index is 1450. The van der Waals surface area contributed by atoms with Crippen molar-refractivity contribution < 1.29 is 9.85 Å². The average molecular weight is 432 g/mol. The van der Waals surface area contributed by atoms with Gasteiger partial charge in [-0.25, -0.2) is 4.79 Å². The molecule has 0 saturated heterocycles. The summed E-state index contributed by atoms with van der Waals surface area (Å²) in [6.45, 7) is 0.0542. The highest BCUT2D eigenvalue weighted by atomic mass is 16.6. The Morgan fingerprint density at radius 3 is 1.62 bits per heavy atom. The highest BCUT2D eigenvalue weighted by molar-refractivity contribution is 5.78. The molecule has 0 aliphatic carbocycles. The highest BCUT2D eigenvalue weighted by Crippen LogP contribution is 2.16. The summed E-state index contributed by atoms with van der Waals surface area (Å²) in [7, 11) is 0. The van der Waals surface area contributed by atoms with Crippen LogP contribution in [0.15, 0.2) is 82.4 Å². The van der Waals surface area contributed by atoms with Gasteiger partial charge in [0.15, 0.2) is 0 Å². The minimum absolute atomic E-state index is 0.0548. The summed E-state index contributed by atoms with van der Waals surface area (Å²) in [6.07, 6.45) is 0. The van der Waals surface area contributed by atoms with Crippen LogP contribution < -0.4 is 11.2 Å². The van der Waals surface area contributed by atoms with Crippen molar-refractivity contribution in [1.29, 1.82) is 0 Å². The van der Waals surface area contributed by atoms with Gasteiger partial charge < -0.3 is 0 Å². The minimum atomic E-state index is -0.551. The Morgan fingerprint density at radius 1 is 0.656 bits per heavy atom. The third kappa shape index (κ3) is 3.88. The summed E-state index contributed by atoms with van der Waals surface area (Å²) in [5.41, 5.74) is 0.495. The molecule has 0 bridgehead atoms. The Kier molecular flexibility index (Phi) is 5.34. The topological polar surface area (TPSA) is 130 Å². The fraction of sp³-hybridized carbons (Fsp3) is 0.0909. The lowest BCUT2D eigenvalue weighted by Crippen LogP contribution is -2.40. The Balaban J connectivity index is 1.80. The van der Waals surface area contributed by atoms with E-state index in [4.69, 9.17) is 0 Å². The van der Waals surface area contributed by atoms with Crippen LogP contribution >= 0.6 is 0 Å². The molecular formula is C22H16N4O6. The van der Waals surface area contributed by atoms with Crippen molar-refractivity contribution >= 4 is 22.3 Å². The number of fused-ring (bicyclic) bond motifs is 1. The quantitative estimate of drug-likeness (QED) is 0.340. The first kappa shape index (κ1) is 20.7. The van der Waals surface area contributed by atoms with Crippen molar-refractivity contribution in [3.63, 3.8) is 0 Å². The van der Waals surface area contributed by atoms with E-state index in [9.17, 15) is 29.8 Å². The van der Waals surface area contributed by atoms with Crippen LogP contribution in [0.1, 0.15) is 11.1 Å². The normalized spacial score (nSPS) is 10.9. The molecule has 0 fully saturated rings. The van der Waals surface area contributed by atoms with Crippen molar-refractivity contribution in [2.75, 3.05) is 0 Å². The number of nitro groups is 2. The van der Waals surface area contributed by atoms with Gasteiger partial charge in [0.05, 0.1) is 33.8 Å². The van der Waals surface area contributed by atoms with Crippen LogP contribution in [0.3, 0.4) is 0 Å². The van der Waals surface area contributed by atoms with E-state index in [1.165, 1.54) is 41.0 Å². The zero-order valence-corrected chi connectivity index (χ0v) is 16.6. The van der Waals surface area contributed by atoms with Crippen LogP contribution in [0.4, 0.5) is 11.4 Å². The SMILES string of the molecule is O=c1c2ccccc2n(Cc2ccc([N+](=O)[O-])cc2)c(=O)n1Cc1ccc([N+](=O)[O-])cc1. The first-order valence-corrected chi connectivity index (χ1v) is 9.54. The number of benzene rings is 3. The molecular weight excluding hydrogens is 416 g/mol. The molecule has 160 valence electrons. The molecule has 0 unspecified atom stereocenters. The molecule has 3 aromatic carbocycles. The van der Waals surface area contributed by atoms with Crippen molar-refractivity contribution in [1.82, 2.24) is 9.13 Å². The second-order valence-electron chi connectivity index (χ2n) is 7.12. The molecule has 0 atom stereocenters. The first-order chi connectivity index (χ1) is 15.3. The van der Waals surface area contributed by atoms with Crippen LogP contribution in [0.2, 0.25) is 0 Å². The van der Waals surface area contributed by atoms with Gasteiger partial charge in [-0.15, -0.1) is 0 Å². The number of nitro benzene ring substituents is 2. The fourth-order valence-electron chi connectivity index (χ4n) is 3.47. The molecule has 4 rings (SSSR count). The van der Waals surface area contributed by atoms with E-state index in [-0.39, 0.29) is 24.5 Å². The van der Waals surface area contributed by atoms with E-state index in [1.807, 2.05) is 0 Å². The van der Waals surface area contributed by atoms with Gasteiger partial charge in [-0.1, -0.05) is 36.4 Å². The molecule has 0 saturated carbocycles. The van der Waals surface area contributed by atoms with E-state index >= 15 is 0 Å². The number of non-ortho nitro benzene ring substituents is 2. The number of hydrogen-bond donors (Lipinski definition) is 0. The van der Waals surface area contributed by atoms with E-state index < -0.39 is 21.1 Å². The average Bonchev–Trinajstić information content (AvgIpc) is 2.80. The summed E-state index contributed by atoms with van der Waals surface area (Å²) in [5, 5.41) is 22.1. The number of rotatable bonds is 6. The second-order valence-corrected chi connectivity index (χ2v) is 7.12. The summed E-state index contributed by atoms with van der Waals surface area (Å²) in [5.74, 6) is 0. The third-order valence-electron chi connectivity index (χ3n) is 5.11. The maximum atomic E-state index is 13.3. The van der Waals surface area contributed by atoms with Gasteiger partial charge >= 0.3 is 5.69 Å². The van der Waals surface area contributed by atoms with Crippen molar-refractivity contribution in [3.05, 3.63) is 125 Å². The smallest absolute Gasteiger partial charge is 0.289 e. The lowest BCUT2D eigenvalue weighted by Gasteiger charge is -2.14. The van der Waals surface area contributed by atoms with Gasteiger partial charge in [-0.05, 0) is 23.3 Å². The highest BCUT2D eigenvalue weighted by Gasteiger charge is 2.15. The lowest BCUT2D eigenvalue weighted by molar-refractivity contribution is -0.385. The van der Waals surface area contributed by atoms with E-state index in [2.05, 4.69) is 0 Å². The molecule has 0 aliphatic heterocycles. The number of para-hydroxylation sites is 1. The predicted octanol–water partition coefficient (Wildman–Crippen LogP) is 3.08. The Labute approximate surface area is 179 Å². The number of nitrogens with zero attached hydrogens (tertiary/aromatic N) is 4. The molecule has 0 N–H and O–H groups in total. The van der Waals surface area contributed by atoms with Gasteiger partial charge in [0.25, 0.3) is 16.9 Å². The maximum Gasteiger partial charge on any atom is 0.332 e. The molecule has 0 spiro atoms. The van der Waals surface area contributed by atoms with E-state index in [1.54, 1.807) is 36.4 Å². The molecule has 1 aromatic heterocycles. The van der Waals surface area contributed by atoms with Gasteiger partial charge in [-0.3, -0.25) is 34.2 Å². The molecule has 0 amide bonds. The fourth-order valence-corrected chi connectivity index (χ4v) is 3.47. The van der Waals surface area contributed by atoms with Gasteiger partial charge in [0.1, 0.15) is 0 Å². The molecule has 1 heterocycles. The number of aromatic nitrogens is 2. The zero-order chi connectivity index (χ0) is 22.8. The van der Waals surface area contributed by atoms with Crippen LogP contribution in [-0.2, 0) is 13.1 Å². The molecule has 10 heteroatoms. The summed E-state index contributed by atoms with van der Waals surface area (Å²) in [6, 6.07) is 18.2. The second kappa shape index (κ2) is 8.26. The van der Waals surface area contributed by atoms with Crippen LogP contribution in [0, 0.1) is 20.2 Å². The largest absolute Gasteiger partial charge is 0.332 e. The van der Waals surface area contributed by atoms with Gasteiger partial charge in [0, 0.05) is 24.3 Å². The van der Waals surface area contributed by atoms with Crippen molar-refractivity contribution in [2.24, 2.45) is 0 Å². The summed E-state index contributed by atoms with van der Waals surface area (Å²) < 4.78 is 2.51. The molecule has 0 radical (unpaired) electrons. The minimum Gasteiger partial charge on any atom is -0.289 e. The number of hydrogen-bond acceptors (Lipinski definition) is 6. The Hall–Kier alpha value is -4.60. The van der Waals surface area contributed by atoms with Crippen LogP contribution in [-0.4, -0.2) is 19.0 Å². The monoisotopic (exact) mass is 432 g/mol. The summed E-state index contributed by atoms with van der Waals surface area (Å²) in [4.78, 5) is 47.0. The van der Waals surface area contributed by atoms with Crippen LogP contribution in [0.5, 0.6) is 0 Å². The zero-order valence-electron chi connectivity index (χ0n) is 16.6. The predicted molar refractivity (Wildman–Crippen MR) is 117 cm³/mol. The van der Waals surface area contributed by atoms with Crippen molar-refractivity contribution in [2.45, 2.75) is 13.1 Å². The van der Waals surface area contributed by atoms with Crippen molar-refractivity contribution in [3.8, 4) is 0 Å². The van der Waals surface area contributed by atoms with E-state index in [0.717, 1.165) is 4.57 Å². The Morgan fingerprint density at radius 2 is 1.12 bits per heavy atom. The van der Waals surface area contributed by atoms with E-state index in [0.29, 0.717) is 22.0 Å². The molecule has 4 aromatic rings. The lowest BCUT2D eigenvalue weighted by atomic mass is 10.1. The third-order valence-corrected chi connectivity index (χ3v) is 5.11. The molecule has 10 nitrogen and oxygen atoms in total. The van der Waals surface area contributed by atoms with Gasteiger partial charge in [0.2, 0.25) is 0 Å².